The Kier molecular flexibility index (Phi) is 6.04. The lowest BCUT2D eigenvalue weighted by Crippen LogP contribution is -2.11. The van der Waals surface area contributed by atoms with Gasteiger partial charge in [-0.15, -0.1) is 0 Å². The molecule has 3 rings (SSSR count). The second-order valence-electron chi connectivity index (χ2n) is 5.84. The number of nitrogens with one attached hydrogen (secondary N) is 2. The van der Waals surface area contributed by atoms with Crippen molar-refractivity contribution in [2.45, 2.75) is 6.92 Å². The summed E-state index contributed by atoms with van der Waals surface area (Å²) in [4.78, 5) is 9.15. The Bertz CT molecular complexity index is 871. The molecule has 2 N–H and O–H groups in total. The van der Waals surface area contributed by atoms with Crippen LogP contribution >= 0.6 is 11.6 Å². The van der Waals surface area contributed by atoms with Crippen LogP contribution in [0.25, 0.3) is 11.3 Å². The largest absolute Gasteiger partial charge is 0.383 e. The quantitative estimate of drug-likeness (QED) is 0.580. The van der Waals surface area contributed by atoms with E-state index in [0.717, 1.165) is 22.5 Å². The molecule has 0 saturated carbocycles. The van der Waals surface area contributed by atoms with Gasteiger partial charge in [-0.25, -0.2) is 4.98 Å². The number of anilines is 3. The lowest BCUT2D eigenvalue weighted by atomic mass is 10.1. The van der Waals surface area contributed by atoms with Gasteiger partial charge in [0.05, 0.1) is 12.3 Å². The van der Waals surface area contributed by atoms with Crippen LogP contribution in [0.3, 0.4) is 0 Å². The van der Waals surface area contributed by atoms with Crippen LogP contribution in [0.2, 0.25) is 5.02 Å². The van der Waals surface area contributed by atoms with Crippen LogP contribution in [0.1, 0.15) is 5.56 Å². The van der Waals surface area contributed by atoms with Crippen molar-refractivity contribution in [1.29, 1.82) is 0 Å². The zero-order valence-corrected chi connectivity index (χ0v) is 15.5. The van der Waals surface area contributed by atoms with Gasteiger partial charge in [0.2, 0.25) is 5.95 Å². The number of rotatable bonds is 7. The number of ether oxygens (including phenoxy) is 1. The minimum atomic E-state index is 0.545. The molecule has 0 aliphatic carbocycles. The third kappa shape index (κ3) is 4.71. The van der Waals surface area contributed by atoms with Crippen LogP contribution in [0.4, 0.5) is 17.5 Å². The van der Waals surface area contributed by atoms with E-state index in [9.17, 15) is 0 Å². The first-order valence-electron chi connectivity index (χ1n) is 8.36. The predicted octanol–water partition coefficient (Wildman–Crippen LogP) is 4.91. The maximum atomic E-state index is 6.22. The number of hydrogen-bond donors (Lipinski definition) is 2. The molecular weight excluding hydrogens is 348 g/mol. The smallest absolute Gasteiger partial charge is 0.225 e. The number of aryl methyl sites for hydroxylation is 1. The van der Waals surface area contributed by atoms with E-state index in [4.69, 9.17) is 16.3 Å². The topological polar surface area (TPSA) is 59.1 Å². The SMILES string of the molecule is COCCNc1nc(Nc2ccc(C)c(Cl)c2)cc(-c2ccccc2)n1. The van der Waals surface area contributed by atoms with Crippen molar-refractivity contribution in [2.75, 3.05) is 30.9 Å². The highest BCUT2D eigenvalue weighted by Gasteiger charge is 2.08. The zero-order valence-electron chi connectivity index (χ0n) is 14.8. The third-order valence-electron chi connectivity index (χ3n) is 3.83. The molecule has 0 bridgehead atoms. The van der Waals surface area contributed by atoms with Gasteiger partial charge in [0, 0.05) is 36.0 Å². The van der Waals surface area contributed by atoms with Crippen molar-refractivity contribution < 1.29 is 4.74 Å². The molecule has 0 aliphatic rings. The third-order valence-corrected chi connectivity index (χ3v) is 4.24. The molecule has 0 saturated heterocycles. The van der Waals surface area contributed by atoms with Crippen molar-refractivity contribution in [1.82, 2.24) is 9.97 Å². The average Bonchev–Trinajstić information content (AvgIpc) is 2.66. The minimum Gasteiger partial charge on any atom is -0.383 e. The molecule has 6 heteroatoms. The fraction of sp³-hybridized carbons (Fsp3) is 0.200. The molecule has 1 heterocycles. The molecule has 0 radical (unpaired) electrons. The summed E-state index contributed by atoms with van der Waals surface area (Å²) in [5, 5.41) is 7.21. The Labute approximate surface area is 158 Å². The molecule has 1 aromatic heterocycles. The van der Waals surface area contributed by atoms with E-state index >= 15 is 0 Å². The summed E-state index contributed by atoms with van der Waals surface area (Å²) in [5.74, 6) is 1.24. The summed E-state index contributed by atoms with van der Waals surface area (Å²) in [7, 11) is 1.66. The maximum Gasteiger partial charge on any atom is 0.225 e. The van der Waals surface area contributed by atoms with E-state index in [1.807, 2.05) is 61.5 Å². The number of methoxy groups -OCH3 is 1. The summed E-state index contributed by atoms with van der Waals surface area (Å²) in [6, 6.07) is 17.8. The average molecular weight is 369 g/mol. The van der Waals surface area contributed by atoms with Gasteiger partial charge in [0.15, 0.2) is 0 Å². The van der Waals surface area contributed by atoms with Gasteiger partial charge >= 0.3 is 0 Å². The summed E-state index contributed by atoms with van der Waals surface area (Å²) in [5.41, 5.74) is 3.77. The van der Waals surface area contributed by atoms with E-state index in [2.05, 4.69) is 20.6 Å². The van der Waals surface area contributed by atoms with Crippen molar-refractivity contribution in [3.05, 3.63) is 65.2 Å². The van der Waals surface area contributed by atoms with Crippen molar-refractivity contribution >= 4 is 29.1 Å². The summed E-state index contributed by atoms with van der Waals surface area (Å²) in [6.45, 7) is 3.18. The van der Waals surface area contributed by atoms with Gasteiger partial charge in [-0.2, -0.15) is 4.98 Å². The van der Waals surface area contributed by atoms with E-state index in [1.54, 1.807) is 7.11 Å². The number of benzene rings is 2. The summed E-state index contributed by atoms with van der Waals surface area (Å²) in [6.07, 6.45) is 0. The van der Waals surface area contributed by atoms with E-state index in [1.165, 1.54) is 0 Å². The van der Waals surface area contributed by atoms with Crippen LogP contribution in [0.5, 0.6) is 0 Å². The first-order chi connectivity index (χ1) is 12.7. The molecule has 134 valence electrons. The molecule has 0 spiro atoms. The van der Waals surface area contributed by atoms with E-state index in [0.29, 0.717) is 29.9 Å². The van der Waals surface area contributed by atoms with Gasteiger partial charge in [-0.3, -0.25) is 0 Å². The van der Waals surface area contributed by atoms with E-state index < -0.39 is 0 Å². The van der Waals surface area contributed by atoms with Crippen LogP contribution < -0.4 is 10.6 Å². The maximum absolute atomic E-state index is 6.22. The van der Waals surface area contributed by atoms with Crippen LogP contribution in [0, 0.1) is 6.92 Å². The second kappa shape index (κ2) is 8.65. The second-order valence-corrected chi connectivity index (χ2v) is 6.24. The molecule has 2 aromatic carbocycles. The molecular formula is C20H21ClN4O. The van der Waals surface area contributed by atoms with E-state index in [-0.39, 0.29) is 0 Å². The van der Waals surface area contributed by atoms with Gasteiger partial charge in [0.1, 0.15) is 5.82 Å². The number of hydrogen-bond acceptors (Lipinski definition) is 5. The molecule has 5 nitrogen and oxygen atoms in total. The molecule has 0 unspecified atom stereocenters. The van der Waals surface area contributed by atoms with Gasteiger partial charge < -0.3 is 15.4 Å². The molecule has 26 heavy (non-hydrogen) atoms. The van der Waals surface area contributed by atoms with Gasteiger partial charge in [0.25, 0.3) is 0 Å². The molecule has 0 amide bonds. The fourth-order valence-electron chi connectivity index (χ4n) is 2.43. The van der Waals surface area contributed by atoms with Crippen molar-refractivity contribution in [3.8, 4) is 11.3 Å². The molecule has 0 atom stereocenters. The first kappa shape index (κ1) is 18.2. The fourth-order valence-corrected chi connectivity index (χ4v) is 2.61. The Balaban J connectivity index is 1.91. The number of aromatic nitrogens is 2. The normalized spacial score (nSPS) is 10.6. The monoisotopic (exact) mass is 368 g/mol. The summed E-state index contributed by atoms with van der Waals surface area (Å²) < 4.78 is 5.08. The van der Waals surface area contributed by atoms with Crippen LogP contribution in [0.15, 0.2) is 54.6 Å². The van der Waals surface area contributed by atoms with Crippen molar-refractivity contribution in [3.63, 3.8) is 0 Å². The molecule has 0 fully saturated rings. The lowest BCUT2D eigenvalue weighted by molar-refractivity contribution is 0.210. The highest BCUT2D eigenvalue weighted by Crippen LogP contribution is 2.26. The predicted molar refractivity (Wildman–Crippen MR) is 107 cm³/mol. The first-order valence-corrected chi connectivity index (χ1v) is 8.74. The van der Waals surface area contributed by atoms with Crippen molar-refractivity contribution in [2.24, 2.45) is 0 Å². The Morgan fingerprint density at radius 1 is 1.04 bits per heavy atom. The zero-order chi connectivity index (χ0) is 18.4. The minimum absolute atomic E-state index is 0.545. The highest BCUT2D eigenvalue weighted by molar-refractivity contribution is 6.31. The number of halogens is 1. The lowest BCUT2D eigenvalue weighted by Gasteiger charge is -2.12. The summed E-state index contributed by atoms with van der Waals surface area (Å²) >= 11 is 6.22. The Morgan fingerprint density at radius 3 is 2.58 bits per heavy atom. The van der Waals surface area contributed by atoms with Gasteiger partial charge in [-0.1, -0.05) is 48.0 Å². The van der Waals surface area contributed by atoms with Gasteiger partial charge in [-0.05, 0) is 24.6 Å². The highest BCUT2D eigenvalue weighted by atomic mass is 35.5. The number of nitrogens with zero attached hydrogens (tertiary/aromatic N) is 2. The van der Waals surface area contributed by atoms with Crippen LogP contribution in [-0.2, 0) is 4.74 Å². The Hall–Kier alpha value is -2.63. The molecule has 3 aromatic rings. The van der Waals surface area contributed by atoms with Crippen LogP contribution in [-0.4, -0.2) is 30.2 Å². The molecule has 0 aliphatic heterocycles. The standard InChI is InChI=1S/C20H21ClN4O/c1-14-8-9-16(12-17(14)21)23-19-13-18(15-6-4-3-5-7-15)24-20(25-19)22-10-11-26-2/h3-9,12-13H,10-11H2,1-2H3,(H2,22,23,24,25). The Morgan fingerprint density at radius 2 is 1.85 bits per heavy atom.